The lowest BCUT2D eigenvalue weighted by Gasteiger charge is -2.27. The number of fused-ring (bicyclic) bond motifs is 4. The lowest BCUT2D eigenvalue weighted by Crippen LogP contribution is -2.21. The van der Waals surface area contributed by atoms with Gasteiger partial charge < -0.3 is 15.5 Å². The van der Waals surface area contributed by atoms with Crippen molar-refractivity contribution in [3.05, 3.63) is 89.4 Å². The summed E-state index contributed by atoms with van der Waals surface area (Å²) in [6, 6.07) is 22.5. The number of nitrogens with one attached hydrogen (secondary N) is 1. The number of nitrogens with two attached hydrogens (primary N) is 1. The molecule has 1 unspecified atom stereocenters. The van der Waals surface area contributed by atoms with Crippen LogP contribution in [-0.4, -0.2) is 4.98 Å². The van der Waals surface area contributed by atoms with Crippen LogP contribution in [0.4, 0.5) is 0 Å². The number of rotatable bonds is 1. The molecule has 0 saturated heterocycles. The van der Waals surface area contributed by atoms with Gasteiger partial charge in [0.15, 0.2) is 0 Å². The van der Waals surface area contributed by atoms with Gasteiger partial charge in [-0.25, -0.2) is 0 Å². The predicted octanol–water partition coefficient (Wildman–Crippen LogP) is 4.54. The normalized spacial score (nSPS) is 16.3. The highest BCUT2D eigenvalue weighted by Crippen LogP contribution is 2.46. The van der Waals surface area contributed by atoms with Gasteiger partial charge in [0.2, 0.25) is 5.88 Å². The number of allylic oxidation sites excluding steroid dienone is 1. The average molecular weight is 337 g/mol. The van der Waals surface area contributed by atoms with Crippen LogP contribution in [0.15, 0.2) is 78.3 Å². The first kappa shape index (κ1) is 14.6. The number of nitriles is 1. The van der Waals surface area contributed by atoms with E-state index in [-0.39, 0.29) is 11.8 Å². The quantitative estimate of drug-likeness (QED) is 0.535. The lowest BCUT2D eigenvalue weighted by atomic mass is 9.82. The van der Waals surface area contributed by atoms with Crippen molar-refractivity contribution in [2.24, 2.45) is 5.73 Å². The second-order valence-electron chi connectivity index (χ2n) is 6.42. The van der Waals surface area contributed by atoms with E-state index in [0.717, 1.165) is 38.6 Å². The maximum atomic E-state index is 9.76. The number of hydrogen-bond acceptors (Lipinski definition) is 3. The van der Waals surface area contributed by atoms with E-state index in [2.05, 4.69) is 23.2 Å². The van der Waals surface area contributed by atoms with Crippen LogP contribution in [0.1, 0.15) is 17.0 Å². The fraction of sp³-hybridized carbons (Fsp3) is 0.0455. The van der Waals surface area contributed by atoms with Crippen LogP contribution in [-0.2, 0) is 0 Å². The van der Waals surface area contributed by atoms with Gasteiger partial charge in [-0.1, -0.05) is 54.6 Å². The molecule has 3 N–H and O–H groups in total. The van der Waals surface area contributed by atoms with Crippen molar-refractivity contribution in [2.75, 3.05) is 0 Å². The number of benzene rings is 3. The van der Waals surface area contributed by atoms with Crippen molar-refractivity contribution in [3.63, 3.8) is 0 Å². The molecule has 0 amide bonds. The highest BCUT2D eigenvalue weighted by molar-refractivity contribution is 5.92. The average Bonchev–Trinajstić information content (AvgIpc) is 3.10. The van der Waals surface area contributed by atoms with Gasteiger partial charge >= 0.3 is 0 Å². The summed E-state index contributed by atoms with van der Waals surface area (Å²) in [6.45, 7) is 0. The Morgan fingerprint density at radius 3 is 2.54 bits per heavy atom. The smallest absolute Gasteiger partial charge is 0.205 e. The largest absolute Gasteiger partial charge is 0.440 e. The Kier molecular flexibility index (Phi) is 3.04. The van der Waals surface area contributed by atoms with E-state index in [0.29, 0.717) is 5.57 Å². The lowest BCUT2D eigenvalue weighted by molar-refractivity contribution is 0.398. The Labute approximate surface area is 150 Å². The summed E-state index contributed by atoms with van der Waals surface area (Å²) >= 11 is 0. The van der Waals surface area contributed by atoms with E-state index < -0.39 is 0 Å². The molecule has 0 saturated carbocycles. The molecule has 1 aliphatic heterocycles. The number of nitrogens with zero attached hydrogens (tertiary/aromatic N) is 1. The highest BCUT2D eigenvalue weighted by atomic mass is 16.5. The summed E-state index contributed by atoms with van der Waals surface area (Å²) in [7, 11) is 0. The molecule has 124 valence electrons. The molecule has 0 fully saturated rings. The maximum Gasteiger partial charge on any atom is 0.205 e. The van der Waals surface area contributed by atoms with Crippen LogP contribution >= 0.6 is 0 Å². The molecule has 1 atom stereocenters. The Morgan fingerprint density at radius 2 is 1.69 bits per heavy atom. The molecular weight excluding hydrogens is 322 g/mol. The molecule has 1 aromatic heterocycles. The Hall–Kier alpha value is -3.71. The van der Waals surface area contributed by atoms with Gasteiger partial charge in [-0.3, -0.25) is 0 Å². The summed E-state index contributed by atoms with van der Waals surface area (Å²) in [5.41, 5.74) is 9.62. The summed E-state index contributed by atoms with van der Waals surface area (Å²) in [4.78, 5) is 3.30. The van der Waals surface area contributed by atoms with E-state index in [1.165, 1.54) is 0 Å². The third-order valence-corrected chi connectivity index (χ3v) is 5.04. The zero-order valence-corrected chi connectivity index (χ0v) is 13.9. The molecule has 26 heavy (non-hydrogen) atoms. The van der Waals surface area contributed by atoms with E-state index in [1.807, 2.05) is 54.7 Å². The molecule has 4 aromatic rings. The molecule has 5 rings (SSSR count). The van der Waals surface area contributed by atoms with Crippen molar-refractivity contribution in [1.82, 2.24) is 4.98 Å². The molecule has 0 radical (unpaired) electrons. The van der Waals surface area contributed by atoms with Crippen molar-refractivity contribution < 1.29 is 4.74 Å². The molecule has 0 aliphatic carbocycles. The second kappa shape index (κ2) is 5.40. The molecule has 3 aromatic carbocycles. The fourth-order valence-electron chi connectivity index (χ4n) is 3.84. The molecular formula is C22H15N3O. The van der Waals surface area contributed by atoms with Crippen molar-refractivity contribution in [3.8, 4) is 11.8 Å². The van der Waals surface area contributed by atoms with Gasteiger partial charge in [0, 0.05) is 28.0 Å². The van der Waals surface area contributed by atoms with Crippen molar-refractivity contribution in [2.45, 2.75) is 5.92 Å². The Balaban J connectivity index is 1.84. The third-order valence-electron chi connectivity index (χ3n) is 5.04. The minimum Gasteiger partial charge on any atom is -0.440 e. The minimum atomic E-state index is -0.260. The van der Waals surface area contributed by atoms with Crippen LogP contribution in [0.5, 0.6) is 5.75 Å². The Morgan fingerprint density at radius 1 is 0.923 bits per heavy atom. The van der Waals surface area contributed by atoms with Crippen molar-refractivity contribution in [1.29, 1.82) is 5.26 Å². The Bertz CT molecular complexity index is 1240. The molecule has 1 aliphatic rings. The van der Waals surface area contributed by atoms with E-state index >= 15 is 0 Å². The molecule has 4 nitrogen and oxygen atoms in total. The highest BCUT2D eigenvalue weighted by Gasteiger charge is 2.33. The SMILES string of the molecule is N#CC1=C(N)Oc2c(ccc3ccccc23)C1c1c[nH]c2ccccc12. The first-order valence-corrected chi connectivity index (χ1v) is 8.43. The number of para-hydroxylation sites is 1. The van der Waals surface area contributed by atoms with Gasteiger partial charge in [0.25, 0.3) is 0 Å². The van der Waals surface area contributed by atoms with Gasteiger partial charge in [0.05, 0.1) is 5.92 Å². The third kappa shape index (κ3) is 1.95. The summed E-state index contributed by atoms with van der Waals surface area (Å²) in [6.07, 6.45) is 1.96. The van der Waals surface area contributed by atoms with E-state index in [1.54, 1.807) is 0 Å². The van der Waals surface area contributed by atoms with Crippen LogP contribution in [0.25, 0.3) is 21.7 Å². The van der Waals surface area contributed by atoms with Gasteiger partial charge in [-0.05, 0) is 17.0 Å². The number of aromatic nitrogens is 1. The van der Waals surface area contributed by atoms with Crippen LogP contribution in [0.3, 0.4) is 0 Å². The van der Waals surface area contributed by atoms with E-state index in [9.17, 15) is 5.26 Å². The first-order valence-electron chi connectivity index (χ1n) is 8.43. The molecule has 0 spiro atoms. The summed E-state index contributed by atoms with van der Waals surface area (Å²) < 4.78 is 5.91. The number of aromatic amines is 1. The standard InChI is InChI=1S/C22H15N3O/c23-11-17-20(18-12-25-19-8-4-3-7-15(18)19)16-10-9-13-5-1-2-6-14(13)21(16)26-22(17)24/h1-10,12,20,25H,24H2. The number of hydrogen-bond donors (Lipinski definition) is 2. The fourth-order valence-corrected chi connectivity index (χ4v) is 3.84. The number of H-pyrrole nitrogens is 1. The monoisotopic (exact) mass is 337 g/mol. The van der Waals surface area contributed by atoms with E-state index in [4.69, 9.17) is 10.5 Å². The second-order valence-corrected chi connectivity index (χ2v) is 6.42. The van der Waals surface area contributed by atoms with Crippen molar-refractivity contribution >= 4 is 21.7 Å². The van der Waals surface area contributed by atoms with Gasteiger partial charge in [-0.15, -0.1) is 0 Å². The van der Waals surface area contributed by atoms with Crippen LogP contribution in [0, 0.1) is 11.3 Å². The first-order chi connectivity index (χ1) is 12.8. The molecule has 0 bridgehead atoms. The minimum absolute atomic E-state index is 0.173. The zero-order chi connectivity index (χ0) is 17.7. The maximum absolute atomic E-state index is 9.76. The van der Waals surface area contributed by atoms with Crippen LogP contribution < -0.4 is 10.5 Å². The predicted molar refractivity (Wildman–Crippen MR) is 102 cm³/mol. The van der Waals surface area contributed by atoms with Crippen LogP contribution in [0.2, 0.25) is 0 Å². The summed E-state index contributed by atoms with van der Waals surface area (Å²) in [5, 5.41) is 12.9. The van der Waals surface area contributed by atoms with Gasteiger partial charge in [-0.2, -0.15) is 5.26 Å². The number of ether oxygens (including phenoxy) is 1. The zero-order valence-electron chi connectivity index (χ0n) is 13.9. The van der Waals surface area contributed by atoms with Gasteiger partial charge in [0.1, 0.15) is 17.4 Å². The molecule has 4 heteroatoms. The molecule has 2 heterocycles. The topological polar surface area (TPSA) is 74.8 Å². The summed E-state index contributed by atoms with van der Waals surface area (Å²) in [5.74, 6) is 0.644.